The summed E-state index contributed by atoms with van der Waals surface area (Å²) in [7, 11) is 0. The van der Waals surface area contributed by atoms with E-state index in [1.807, 2.05) is 45.2 Å². The van der Waals surface area contributed by atoms with Crippen molar-refractivity contribution < 1.29 is 14.9 Å². The lowest BCUT2D eigenvalue weighted by atomic mass is 10.2. The molecule has 1 fully saturated rings. The fourth-order valence-electron chi connectivity index (χ4n) is 1.98. The molecule has 3 atom stereocenters. The fourth-order valence-corrected chi connectivity index (χ4v) is 2.70. The van der Waals surface area contributed by atoms with Gasteiger partial charge in [-0.25, -0.2) is 4.79 Å². The van der Waals surface area contributed by atoms with Gasteiger partial charge in [0.05, 0.1) is 18.3 Å². The Hall–Kier alpha value is -0.240. The molecule has 0 unspecified atom stereocenters. The minimum atomic E-state index is -0.841. The van der Waals surface area contributed by atoms with Crippen LogP contribution in [-0.4, -0.2) is 38.6 Å². The maximum Gasteiger partial charge on any atom is 0.330 e. The van der Waals surface area contributed by atoms with E-state index < -0.39 is 29.7 Å². The summed E-state index contributed by atoms with van der Waals surface area (Å²) in [5.74, 6) is 0. The first-order valence-electron chi connectivity index (χ1n) is 5.74. The Kier molecular flexibility index (Phi) is 5.39. The quantitative estimate of drug-likeness (QED) is 0.514. The van der Waals surface area contributed by atoms with Crippen LogP contribution in [0.1, 0.15) is 18.2 Å². The van der Waals surface area contributed by atoms with Gasteiger partial charge < -0.3 is 14.9 Å². The van der Waals surface area contributed by atoms with Crippen molar-refractivity contribution in [1.82, 2.24) is 9.55 Å². The monoisotopic (exact) mass is 506 g/mol. The summed E-state index contributed by atoms with van der Waals surface area (Å²) < 4.78 is 9.06. The lowest BCUT2D eigenvalue weighted by molar-refractivity contribution is -0.0459. The first kappa shape index (κ1) is 16.1. The number of H-pyrrole nitrogens is 1. The van der Waals surface area contributed by atoms with E-state index in [1.165, 1.54) is 10.8 Å². The number of hydrogen-bond acceptors (Lipinski definition) is 5. The van der Waals surface area contributed by atoms with Gasteiger partial charge in [0.2, 0.25) is 0 Å². The average Bonchev–Trinajstić information content (AvgIpc) is 2.79. The van der Waals surface area contributed by atoms with Gasteiger partial charge >= 0.3 is 5.69 Å². The molecule has 7 nitrogen and oxygen atoms in total. The van der Waals surface area contributed by atoms with E-state index in [1.54, 1.807) is 4.08 Å². The number of nitrogens with zero attached hydrogens (tertiary/aromatic N) is 1. The Morgan fingerprint density at radius 2 is 2.30 bits per heavy atom. The van der Waals surface area contributed by atoms with Crippen molar-refractivity contribution in [3.05, 3.63) is 36.7 Å². The number of aliphatic hydroxyl groups is 2. The van der Waals surface area contributed by atoms with Crippen LogP contribution in [0.3, 0.4) is 0 Å². The van der Waals surface area contributed by atoms with E-state index in [9.17, 15) is 14.7 Å². The molecule has 3 N–H and O–H groups in total. The van der Waals surface area contributed by atoms with Gasteiger partial charge in [-0.05, 0) is 26.7 Å². The van der Waals surface area contributed by atoms with Crippen LogP contribution in [0.4, 0.5) is 0 Å². The van der Waals surface area contributed by atoms with Crippen molar-refractivity contribution in [3.8, 4) is 0 Å². The minimum absolute atomic E-state index is 0.182. The third-order valence-corrected chi connectivity index (χ3v) is 5.72. The number of nitrogens with one attached hydrogen (secondary N) is 1. The molecule has 20 heavy (non-hydrogen) atoms. The third-order valence-electron chi connectivity index (χ3n) is 3.02. The number of aliphatic hydroxyl groups excluding tert-OH is 2. The molecule has 0 radical (unpaired) electrons. The summed E-state index contributed by atoms with van der Waals surface area (Å²) in [5.41, 5.74) is -0.724. The molecule has 1 aromatic heterocycles. The van der Waals surface area contributed by atoms with Crippen molar-refractivity contribution in [2.75, 3.05) is 6.61 Å². The summed E-state index contributed by atoms with van der Waals surface area (Å²) in [6.07, 6.45) is -0.673. The van der Waals surface area contributed by atoms with Crippen molar-refractivity contribution in [2.45, 2.75) is 24.9 Å². The zero-order chi connectivity index (χ0) is 14.9. The zero-order valence-electron chi connectivity index (χ0n) is 10.1. The second-order valence-corrected chi connectivity index (χ2v) is 6.07. The standard InChI is InChI=1S/C11H12I2N2O5/c12-2-6(13)5-3-15(11(19)14-10(5)18)9-1-7(17)8(4-16)20-9/h2-3,7-9,16-17H,1,4H2,(H,14,18,19)/t7-,8+,9+/m0/s1. The first-order chi connectivity index (χ1) is 9.47. The SMILES string of the molecule is O=c1[nH]c(=O)n([C@H]2C[C@H](O)[C@@H](CO)O2)cc1C(I)=CI. The molecule has 1 aromatic rings. The maximum absolute atomic E-state index is 11.9. The number of ether oxygens (including phenoxy) is 1. The van der Waals surface area contributed by atoms with Gasteiger partial charge in [0.1, 0.15) is 12.3 Å². The van der Waals surface area contributed by atoms with E-state index in [0.29, 0.717) is 9.14 Å². The lowest BCUT2D eigenvalue weighted by Crippen LogP contribution is -2.33. The van der Waals surface area contributed by atoms with Crippen molar-refractivity contribution in [3.63, 3.8) is 0 Å². The minimum Gasteiger partial charge on any atom is -0.394 e. The van der Waals surface area contributed by atoms with Crippen LogP contribution in [0.2, 0.25) is 0 Å². The molecule has 2 rings (SSSR count). The molecule has 0 amide bonds. The van der Waals surface area contributed by atoms with Crippen LogP contribution in [0.25, 0.3) is 3.58 Å². The van der Waals surface area contributed by atoms with Crippen molar-refractivity contribution in [2.24, 2.45) is 0 Å². The Balaban J connectivity index is 2.43. The van der Waals surface area contributed by atoms with Gasteiger partial charge in [0.15, 0.2) is 0 Å². The van der Waals surface area contributed by atoms with Gasteiger partial charge in [-0.3, -0.25) is 14.3 Å². The normalized spacial score (nSPS) is 27.0. The van der Waals surface area contributed by atoms with E-state index in [2.05, 4.69) is 4.98 Å². The number of aromatic amines is 1. The predicted octanol–water partition coefficient (Wildman–Crippen LogP) is 0.346. The molecular formula is C11H12I2N2O5. The molecule has 0 aromatic carbocycles. The van der Waals surface area contributed by atoms with Gasteiger partial charge in [-0.15, -0.1) is 0 Å². The van der Waals surface area contributed by atoms with Crippen molar-refractivity contribution in [1.29, 1.82) is 0 Å². The highest BCUT2D eigenvalue weighted by Gasteiger charge is 2.35. The highest BCUT2D eigenvalue weighted by molar-refractivity contribution is 14.1. The van der Waals surface area contributed by atoms with Gasteiger partial charge in [0.25, 0.3) is 5.56 Å². The summed E-state index contributed by atoms with van der Waals surface area (Å²) in [6, 6.07) is 0. The summed E-state index contributed by atoms with van der Waals surface area (Å²) in [5, 5.41) is 18.8. The molecule has 0 saturated carbocycles. The highest BCUT2D eigenvalue weighted by atomic mass is 127. The Morgan fingerprint density at radius 3 is 2.85 bits per heavy atom. The number of rotatable bonds is 3. The molecule has 1 saturated heterocycles. The maximum atomic E-state index is 11.9. The molecule has 0 bridgehead atoms. The summed E-state index contributed by atoms with van der Waals surface area (Å²) >= 11 is 3.99. The van der Waals surface area contributed by atoms with Crippen LogP contribution in [0, 0.1) is 0 Å². The van der Waals surface area contributed by atoms with Gasteiger partial charge in [0, 0.05) is 16.2 Å². The molecule has 1 aliphatic rings. The number of hydrogen-bond donors (Lipinski definition) is 3. The fraction of sp³-hybridized carbons (Fsp3) is 0.455. The largest absolute Gasteiger partial charge is 0.394 e. The van der Waals surface area contributed by atoms with E-state index in [0.717, 1.165) is 0 Å². The molecule has 0 aliphatic carbocycles. The van der Waals surface area contributed by atoms with E-state index >= 15 is 0 Å². The van der Waals surface area contributed by atoms with Crippen LogP contribution < -0.4 is 11.2 Å². The molecule has 0 spiro atoms. The lowest BCUT2D eigenvalue weighted by Gasteiger charge is -2.15. The first-order valence-corrected chi connectivity index (χ1v) is 8.06. The topological polar surface area (TPSA) is 105 Å². The molecule has 9 heteroatoms. The summed E-state index contributed by atoms with van der Waals surface area (Å²) in [4.78, 5) is 25.8. The Bertz CT molecular complexity index is 638. The molecule has 2 heterocycles. The second-order valence-electron chi connectivity index (χ2n) is 4.28. The Labute approximate surface area is 140 Å². The summed E-state index contributed by atoms with van der Waals surface area (Å²) in [6.45, 7) is -0.326. The zero-order valence-corrected chi connectivity index (χ0v) is 14.4. The van der Waals surface area contributed by atoms with Crippen LogP contribution in [0.5, 0.6) is 0 Å². The highest BCUT2D eigenvalue weighted by Crippen LogP contribution is 2.28. The van der Waals surface area contributed by atoms with Crippen molar-refractivity contribution >= 4 is 48.8 Å². The average molecular weight is 506 g/mol. The molecular weight excluding hydrogens is 494 g/mol. The van der Waals surface area contributed by atoms with Gasteiger partial charge in [-0.2, -0.15) is 0 Å². The van der Waals surface area contributed by atoms with E-state index in [4.69, 9.17) is 9.84 Å². The van der Waals surface area contributed by atoms with E-state index in [-0.39, 0.29) is 13.0 Å². The smallest absolute Gasteiger partial charge is 0.330 e. The van der Waals surface area contributed by atoms with Crippen LogP contribution in [0.15, 0.2) is 19.9 Å². The van der Waals surface area contributed by atoms with Crippen LogP contribution >= 0.6 is 45.2 Å². The molecule has 1 aliphatic heterocycles. The predicted molar refractivity (Wildman–Crippen MR) is 89.0 cm³/mol. The second kappa shape index (κ2) is 6.68. The van der Waals surface area contributed by atoms with Gasteiger partial charge in [-0.1, -0.05) is 22.6 Å². The Morgan fingerprint density at radius 1 is 1.60 bits per heavy atom. The molecule has 110 valence electrons. The van der Waals surface area contributed by atoms with Crippen LogP contribution in [-0.2, 0) is 4.74 Å². The number of halogens is 2. The third kappa shape index (κ3) is 3.16. The number of aromatic nitrogens is 2.